The van der Waals surface area contributed by atoms with Gasteiger partial charge in [0.25, 0.3) is 0 Å². The van der Waals surface area contributed by atoms with Crippen molar-refractivity contribution in [1.29, 1.82) is 0 Å². The number of phenols is 1. The van der Waals surface area contributed by atoms with Gasteiger partial charge in [0.2, 0.25) is 0 Å². The van der Waals surface area contributed by atoms with Gasteiger partial charge in [-0.05, 0) is 69.4 Å². The maximum absolute atomic E-state index is 9.71. The molecule has 0 radical (unpaired) electrons. The zero-order valence-electron chi connectivity index (χ0n) is 11.0. The second-order valence-corrected chi connectivity index (χ2v) is 6.82. The minimum atomic E-state index is 0. The van der Waals surface area contributed by atoms with Crippen LogP contribution in [0, 0.1) is 0 Å². The van der Waals surface area contributed by atoms with Crippen LogP contribution in [0.5, 0.6) is 5.75 Å². The fourth-order valence-electron chi connectivity index (χ4n) is 2.65. The van der Waals surface area contributed by atoms with Gasteiger partial charge in [0.1, 0.15) is 5.75 Å². The third-order valence-electron chi connectivity index (χ3n) is 3.71. The molecule has 0 saturated heterocycles. The summed E-state index contributed by atoms with van der Waals surface area (Å²) in [5.41, 5.74) is 1.22. The van der Waals surface area contributed by atoms with E-state index in [0.29, 0.717) is 6.04 Å². The van der Waals surface area contributed by atoms with Gasteiger partial charge in [-0.15, -0.1) is 12.4 Å². The molecule has 0 unspecified atom stereocenters. The lowest BCUT2D eigenvalue weighted by Gasteiger charge is -2.31. The average molecular weight is 414 g/mol. The smallest absolute Gasteiger partial charge is 0.143 e. The highest BCUT2D eigenvalue weighted by atomic mass is 79.9. The zero-order chi connectivity index (χ0) is 13.1. The Balaban J connectivity index is 0.00000180. The van der Waals surface area contributed by atoms with Crippen LogP contribution in [0.25, 0.3) is 0 Å². The molecule has 2 rings (SSSR count). The van der Waals surface area contributed by atoms with E-state index in [1.807, 2.05) is 12.1 Å². The highest BCUT2D eigenvalue weighted by Gasteiger charge is 2.18. The Morgan fingerprint density at radius 3 is 2.21 bits per heavy atom. The average Bonchev–Trinajstić information content (AvgIpc) is 2.37. The van der Waals surface area contributed by atoms with Gasteiger partial charge in [-0.2, -0.15) is 0 Å². The first kappa shape index (κ1) is 17.3. The lowest BCUT2D eigenvalue weighted by Crippen LogP contribution is -2.32. The van der Waals surface area contributed by atoms with Gasteiger partial charge in [0.15, 0.2) is 0 Å². The predicted octanol–water partition coefficient (Wildman–Crippen LogP) is 5.10. The topological polar surface area (TPSA) is 23.5 Å². The van der Waals surface area contributed by atoms with Crippen LogP contribution in [-0.4, -0.2) is 23.1 Å². The summed E-state index contributed by atoms with van der Waals surface area (Å²) in [6.45, 7) is 0.933. The fraction of sp³-hybridized carbons (Fsp3) is 0.571. The number of aromatic hydroxyl groups is 1. The van der Waals surface area contributed by atoms with Gasteiger partial charge in [-0.3, -0.25) is 4.90 Å². The molecule has 108 valence electrons. The van der Waals surface area contributed by atoms with Crippen molar-refractivity contribution in [3.05, 3.63) is 26.6 Å². The molecule has 0 aromatic heterocycles. The summed E-state index contributed by atoms with van der Waals surface area (Å²) in [6.07, 6.45) is 6.74. The van der Waals surface area contributed by atoms with E-state index >= 15 is 0 Å². The van der Waals surface area contributed by atoms with E-state index in [2.05, 4.69) is 43.8 Å². The fourth-order valence-corrected chi connectivity index (χ4v) is 3.93. The van der Waals surface area contributed by atoms with E-state index in [4.69, 9.17) is 0 Å². The number of hydrogen-bond acceptors (Lipinski definition) is 2. The molecule has 0 spiro atoms. The second kappa shape index (κ2) is 7.87. The maximum Gasteiger partial charge on any atom is 0.143 e. The van der Waals surface area contributed by atoms with Crippen LogP contribution in [0.2, 0.25) is 0 Å². The molecule has 19 heavy (non-hydrogen) atoms. The minimum Gasteiger partial charge on any atom is -0.506 e. The summed E-state index contributed by atoms with van der Waals surface area (Å²) in [4.78, 5) is 2.43. The monoisotopic (exact) mass is 411 g/mol. The number of hydrogen-bond donors (Lipinski definition) is 1. The molecule has 1 aliphatic carbocycles. The molecule has 1 saturated carbocycles. The lowest BCUT2D eigenvalue weighted by atomic mass is 9.94. The molecule has 0 aliphatic heterocycles. The van der Waals surface area contributed by atoms with Gasteiger partial charge in [-0.25, -0.2) is 0 Å². The predicted molar refractivity (Wildman–Crippen MR) is 89.1 cm³/mol. The van der Waals surface area contributed by atoms with Crippen LogP contribution in [-0.2, 0) is 6.54 Å². The third kappa shape index (κ3) is 4.62. The molecule has 1 fully saturated rings. The quantitative estimate of drug-likeness (QED) is 0.745. The van der Waals surface area contributed by atoms with Gasteiger partial charge in [0, 0.05) is 12.6 Å². The van der Waals surface area contributed by atoms with Crippen molar-refractivity contribution in [2.75, 3.05) is 7.05 Å². The van der Waals surface area contributed by atoms with Crippen LogP contribution in [0.3, 0.4) is 0 Å². The maximum atomic E-state index is 9.71. The Labute approximate surface area is 138 Å². The van der Waals surface area contributed by atoms with Crippen molar-refractivity contribution >= 4 is 44.3 Å². The third-order valence-corrected chi connectivity index (χ3v) is 4.92. The van der Waals surface area contributed by atoms with Crippen LogP contribution in [0.15, 0.2) is 21.1 Å². The Hall–Kier alpha value is 0.230. The van der Waals surface area contributed by atoms with E-state index in [1.165, 1.54) is 37.7 Å². The van der Waals surface area contributed by atoms with Crippen molar-refractivity contribution in [3.8, 4) is 5.75 Å². The van der Waals surface area contributed by atoms with Gasteiger partial charge in [0.05, 0.1) is 8.95 Å². The van der Waals surface area contributed by atoms with E-state index in [9.17, 15) is 5.11 Å². The molecule has 5 heteroatoms. The molecule has 1 aromatic carbocycles. The van der Waals surface area contributed by atoms with Gasteiger partial charge in [-0.1, -0.05) is 19.3 Å². The van der Waals surface area contributed by atoms with E-state index < -0.39 is 0 Å². The number of halogens is 3. The summed E-state index contributed by atoms with van der Waals surface area (Å²) < 4.78 is 1.51. The van der Waals surface area contributed by atoms with E-state index in [0.717, 1.165) is 15.5 Å². The summed E-state index contributed by atoms with van der Waals surface area (Å²) in [5.74, 6) is 0.277. The van der Waals surface area contributed by atoms with Crippen LogP contribution >= 0.6 is 44.3 Å². The molecule has 0 amide bonds. The number of nitrogens with zero attached hydrogens (tertiary/aromatic N) is 1. The van der Waals surface area contributed by atoms with Crippen LogP contribution in [0.1, 0.15) is 37.7 Å². The second-order valence-electron chi connectivity index (χ2n) is 5.12. The zero-order valence-corrected chi connectivity index (χ0v) is 15.0. The highest BCUT2D eigenvalue weighted by Crippen LogP contribution is 2.34. The molecule has 1 aromatic rings. The first-order chi connectivity index (χ1) is 8.58. The molecule has 1 aliphatic rings. The van der Waals surface area contributed by atoms with E-state index in [-0.39, 0.29) is 18.2 Å². The van der Waals surface area contributed by atoms with Crippen molar-refractivity contribution < 1.29 is 5.11 Å². The normalized spacial score (nSPS) is 16.4. The first-order valence-corrected chi connectivity index (χ1v) is 8.03. The van der Waals surface area contributed by atoms with Crippen molar-refractivity contribution in [2.24, 2.45) is 0 Å². The van der Waals surface area contributed by atoms with Crippen LogP contribution < -0.4 is 0 Å². The molecule has 0 atom stereocenters. The van der Waals surface area contributed by atoms with Gasteiger partial charge >= 0.3 is 0 Å². The molecule has 1 N–H and O–H groups in total. The molecular weight excluding hydrogens is 393 g/mol. The van der Waals surface area contributed by atoms with Crippen molar-refractivity contribution in [1.82, 2.24) is 4.90 Å². The number of benzene rings is 1. The Morgan fingerprint density at radius 1 is 1.16 bits per heavy atom. The number of phenolic OH excluding ortho intramolecular Hbond substituents is 1. The summed E-state index contributed by atoms with van der Waals surface area (Å²) in [7, 11) is 2.20. The minimum absolute atomic E-state index is 0. The highest BCUT2D eigenvalue weighted by molar-refractivity contribution is 9.11. The van der Waals surface area contributed by atoms with E-state index in [1.54, 1.807) is 0 Å². The first-order valence-electron chi connectivity index (χ1n) is 6.45. The number of rotatable bonds is 3. The molecular formula is C14H20Br2ClNO. The van der Waals surface area contributed by atoms with Crippen molar-refractivity contribution in [2.45, 2.75) is 44.7 Å². The molecule has 0 heterocycles. The summed E-state index contributed by atoms with van der Waals surface area (Å²) >= 11 is 6.77. The molecule has 2 nitrogen and oxygen atoms in total. The standard InChI is InChI=1S/C14H19Br2NO.ClH/c1-17(11-5-3-2-4-6-11)9-10-7-12(15)14(18)13(16)8-10;/h7-8,11,18H,2-6,9H2,1H3;1H. The lowest BCUT2D eigenvalue weighted by molar-refractivity contribution is 0.184. The molecule has 0 bridgehead atoms. The van der Waals surface area contributed by atoms with Crippen molar-refractivity contribution in [3.63, 3.8) is 0 Å². The summed E-state index contributed by atoms with van der Waals surface area (Å²) in [5, 5.41) is 9.71. The Morgan fingerprint density at radius 2 is 1.68 bits per heavy atom. The van der Waals surface area contributed by atoms with Crippen LogP contribution in [0.4, 0.5) is 0 Å². The largest absolute Gasteiger partial charge is 0.506 e. The Bertz CT molecular complexity index is 399. The summed E-state index contributed by atoms with van der Waals surface area (Å²) in [6, 6.07) is 4.71. The SMILES string of the molecule is CN(Cc1cc(Br)c(O)c(Br)c1)C1CCCCC1.Cl. The van der Waals surface area contributed by atoms with Gasteiger partial charge < -0.3 is 5.11 Å². The Kier molecular flexibility index (Phi) is 7.15.